The first-order valence-electron chi connectivity index (χ1n) is 36.3. The molecule has 0 bridgehead atoms. The van der Waals surface area contributed by atoms with Crippen molar-refractivity contribution in [3.63, 3.8) is 0 Å². The molecule has 1 aliphatic carbocycles. The maximum Gasteiger partial charge on any atom is 0.252 e. The van der Waals surface area contributed by atoms with Gasteiger partial charge >= 0.3 is 0 Å². The molecule has 0 unspecified atom stereocenters. The maximum absolute atomic E-state index is 2.72. The van der Waals surface area contributed by atoms with Crippen LogP contribution < -0.4 is 26.2 Å². The zero-order valence-electron chi connectivity index (χ0n) is 61.0. The van der Waals surface area contributed by atoms with Crippen molar-refractivity contribution < 1.29 is 0 Å². The molecule has 4 heteroatoms. The Hall–Kier alpha value is -10.7. The molecule has 494 valence electrons. The standard InChI is InChI=1S/C97H88BN3/c1-93(2,3)69-49-67(50-70(55-69)94(4,5)6)74-38-25-29-43-84(74)100-88-57-78-76-40-24-28-42-80(76)97(13,14)81(78)59-82(88)98-83-60-87-79(77-41-27-31-45-86(77)99(87)73-36-22-17-23-37-73)58-89(83)101(85-44-30-26-39-75(85)68-51-71(95(7,8)9)56-72(52-68)96(10,11)12)91-54-66(53-90(100)92(91)98)65-47-63(61-32-18-15-19-33-61)46-64(48-65)62-34-20-16-21-35-62/h15-60H,1-14H3. The lowest BCUT2D eigenvalue weighted by atomic mass is 9.33. The molecule has 13 aromatic carbocycles. The molecule has 2 aliphatic heterocycles. The zero-order chi connectivity index (χ0) is 69.8. The second kappa shape index (κ2) is 23.2. The van der Waals surface area contributed by atoms with Crippen LogP contribution in [0.25, 0.3) is 94.3 Å². The third kappa shape index (κ3) is 10.6. The van der Waals surface area contributed by atoms with Gasteiger partial charge in [0, 0.05) is 55.8 Å². The molecule has 3 heterocycles. The quantitative estimate of drug-likeness (QED) is 0.141. The highest BCUT2D eigenvalue weighted by atomic mass is 15.2. The SMILES string of the molecule is CC(C)(C)c1cc(-c2ccccc2N2c3cc4c(cc3B3c5cc6c(cc5N(c5ccccc5-c5cc(C(C)(C)C)cc(C(C)(C)C)c5)c5cc(-c7cc(-c8ccccc8)cc(-c8ccccc8)c7)cc2c53)c2ccccc2n6-c2ccccc2)C(C)(C)c2ccccc2-4)cc(C(C)(C)C)c1. The zero-order valence-corrected chi connectivity index (χ0v) is 61.0. The van der Waals surface area contributed by atoms with Crippen molar-refractivity contribution in [2.75, 3.05) is 9.80 Å². The van der Waals surface area contributed by atoms with Gasteiger partial charge in [-0.05, 0) is 206 Å². The Morgan fingerprint density at radius 2 is 0.673 bits per heavy atom. The fourth-order valence-corrected chi connectivity index (χ4v) is 16.7. The molecular formula is C97H88BN3. The van der Waals surface area contributed by atoms with E-state index in [0.29, 0.717) is 0 Å². The first kappa shape index (κ1) is 63.8. The Kier molecular flexibility index (Phi) is 14.6. The van der Waals surface area contributed by atoms with E-state index in [0.717, 1.165) is 39.6 Å². The van der Waals surface area contributed by atoms with Crippen molar-refractivity contribution in [3.05, 3.63) is 312 Å². The minimum Gasteiger partial charge on any atom is -0.311 e. The van der Waals surface area contributed by atoms with Crippen LogP contribution >= 0.6 is 0 Å². The van der Waals surface area contributed by atoms with Crippen LogP contribution in [0.1, 0.15) is 130 Å². The molecule has 3 aliphatic rings. The van der Waals surface area contributed by atoms with E-state index in [1.165, 1.54) is 139 Å². The highest BCUT2D eigenvalue weighted by molar-refractivity contribution is 7.00. The molecular weight excluding hydrogens is 1220 g/mol. The number of fused-ring (bicyclic) bond motifs is 10. The summed E-state index contributed by atoms with van der Waals surface area (Å²) in [6.45, 7) is 33.0. The Balaban J connectivity index is 1.06. The molecule has 0 radical (unpaired) electrons. The highest BCUT2D eigenvalue weighted by Gasteiger charge is 2.48. The average molecular weight is 1310 g/mol. The van der Waals surface area contributed by atoms with Crippen LogP contribution in [-0.4, -0.2) is 11.3 Å². The summed E-state index contributed by atoms with van der Waals surface area (Å²) in [5.74, 6) is 0. The number of hydrogen-bond acceptors (Lipinski definition) is 2. The van der Waals surface area contributed by atoms with E-state index >= 15 is 0 Å². The smallest absolute Gasteiger partial charge is 0.252 e. The van der Waals surface area contributed by atoms with E-state index in [4.69, 9.17) is 0 Å². The second-order valence-electron chi connectivity index (χ2n) is 33.4. The molecule has 0 spiro atoms. The van der Waals surface area contributed by atoms with E-state index < -0.39 is 0 Å². The molecule has 101 heavy (non-hydrogen) atoms. The minimum atomic E-state index is -0.284. The summed E-state index contributed by atoms with van der Waals surface area (Å²) in [6, 6.07) is 108. The molecule has 14 aromatic rings. The van der Waals surface area contributed by atoms with Gasteiger partial charge in [0.2, 0.25) is 0 Å². The van der Waals surface area contributed by atoms with Crippen LogP contribution in [0.2, 0.25) is 0 Å². The Morgan fingerprint density at radius 1 is 0.267 bits per heavy atom. The summed E-state index contributed by atoms with van der Waals surface area (Å²) in [6.07, 6.45) is 0. The van der Waals surface area contributed by atoms with Crippen molar-refractivity contribution in [1.29, 1.82) is 0 Å². The van der Waals surface area contributed by atoms with Crippen LogP contribution in [0.15, 0.2) is 279 Å². The lowest BCUT2D eigenvalue weighted by Gasteiger charge is -2.45. The van der Waals surface area contributed by atoms with Gasteiger partial charge < -0.3 is 14.4 Å². The van der Waals surface area contributed by atoms with Gasteiger partial charge in [-0.25, -0.2) is 0 Å². The van der Waals surface area contributed by atoms with Gasteiger partial charge in [0.25, 0.3) is 6.71 Å². The van der Waals surface area contributed by atoms with Gasteiger partial charge in [-0.15, -0.1) is 0 Å². The average Bonchev–Trinajstić information content (AvgIpc) is 1.67. The first-order valence-corrected chi connectivity index (χ1v) is 36.3. The number of rotatable bonds is 8. The Bertz CT molecular complexity index is 5540. The monoisotopic (exact) mass is 1310 g/mol. The van der Waals surface area contributed by atoms with Crippen molar-refractivity contribution in [3.8, 4) is 72.4 Å². The van der Waals surface area contributed by atoms with Gasteiger partial charge in [0.05, 0.1) is 22.4 Å². The third-order valence-corrected chi connectivity index (χ3v) is 22.3. The van der Waals surface area contributed by atoms with Crippen LogP contribution in [0.3, 0.4) is 0 Å². The fourth-order valence-electron chi connectivity index (χ4n) is 16.7. The summed E-state index contributed by atoms with van der Waals surface area (Å²) in [5.41, 5.74) is 35.9. The van der Waals surface area contributed by atoms with Gasteiger partial charge in [-0.2, -0.15) is 0 Å². The van der Waals surface area contributed by atoms with E-state index in [9.17, 15) is 0 Å². The molecule has 1 aromatic heterocycles. The van der Waals surface area contributed by atoms with E-state index in [1.807, 2.05) is 0 Å². The predicted molar refractivity (Wildman–Crippen MR) is 434 cm³/mol. The normalized spacial score (nSPS) is 13.9. The molecule has 0 fully saturated rings. The minimum absolute atomic E-state index is 0.107. The van der Waals surface area contributed by atoms with Gasteiger partial charge in [-0.3, -0.25) is 0 Å². The highest BCUT2D eigenvalue weighted by Crippen LogP contribution is 2.56. The van der Waals surface area contributed by atoms with Crippen LogP contribution in [0, 0.1) is 0 Å². The number of hydrogen-bond donors (Lipinski definition) is 0. The first-order chi connectivity index (χ1) is 48.4. The number of benzene rings is 13. The number of nitrogens with zero attached hydrogens (tertiary/aromatic N) is 3. The molecule has 3 nitrogen and oxygen atoms in total. The molecule has 0 atom stereocenters. The van der Waals surface area contributed by atoms with E-state index in [2.05, 4.69) is 390 Å². The number of anilines is 6. The maximum atomic E-state index is 2.72. The topological polar surface area (TPSA) is 11.4 Å². The Morgan fingerprint density at radius 3 is 1.18 bits per heavy atom. The summed E-state index contributed by atoms with van der Waals surface area (Å²) in [5, 5.41) is 2.43. The van der Waals surface area contributed by atoms with Crippen molar-refractivity contribution in [2.24, 2.45) is 0 Å². The molecule has 0 amide bonds. The van der Waals surface area contributed by atoms with Gasteiger partial charge in [0.1, 0.15) is 0 Å². The summed E-state index contributed by atoms with van der Waals surface area (Å²) < 4.78 is 2.52. The van der Waals surface area contributed by atoms with Crippen molar-refractivity contribution >= 4 is 79.0 Å². The molecule has 0 saturated carbocycles. The molecule has 17 rings (SSSR count). The lowest BCUT2D eigenvalue weighted by molar-refractivity contribution is 0.568. The predicted octanol–water partition coefficient (Wildman–Crippen LogP) is 24.7. The van der Waals surface area contributed by atoms with Gasteiger partial charge in [0.15, 0.2) is 0 Å². The lowest BCUT2D eigenvalue weighted by Crippen LogP contribution is -2.61. The fraction of sp³-hybridized carbons (Fsp3) is 0.196. The van der Waals surface area contributed by atoms with E-state index in [1.54, 1.807) is 0 Å². The van der Waals surface area contributed by atoms with Crippen LogP contribution in [0.4, 0.5) is 34.1 Å². The number of para-hydroxylation sites is 4. The van der Waals surface area contributed by atoms with Crippen LogP contribution in [0.5, 0.6) is 0 Å². The summed E-state index contributed by atoms with van der Waals surface area (Å²) in [7, 11) is 0. The van der Waals surface area contributed by atoms with E-state index in [-0.39, 0.29) is 33.8 Å². The Labute approximate surface area is 598 Å². The molecule has 0 saturated heterocycles. The van der Waals surface area contributed by atoms with Crippen LogP contribution in [-0.2, 0) is 27.1 Å². The largest absolute Gasteiger partial charge is 0.311 e. The summed E-state index contributed by atoms with van der Waals surface area (Å²) >= 11 is 0. The summed E-state index contributed by atoms with van der Waals surface area (Å²) in [4.78, 5) is 5.43. The van der Waals surface area contributed by atoms with Crippen molar-refractivity contribution in [1.82, 2.24) is 4.57 Å². The number of aromatic nitrogens is 1. The van der Waals surface area contributed by atoms with Gasteiger partial charge in [-0.1, -0.05) is 297 Å². The third-order valence-electron chi connectivity index (χ3n) is 22.3. The second-order valence-corrected chi connectivity index (χ2v) is 33.4. The molecule has 0 N–H and O–H groups in total. The van der Waals surface area contributed by atoms with Crippen molar-refractivity contribution in [2.45, 2.75) is 124 Å².